The maximum Gasteiger partial charge on any atom is 0.242 e. The summed E-state index contributed by atoms with van der Waals surface area (Å²) in [5, 5.41) is 3.21. The number of aromatic nitrogens is 1. The Kier molecular flexibility index (Phi) is 4.84. The summed E-state index contributed by atoms with van der Waals surface area (Å²) in [5.74, 6) is 0. The predicted molar refractivity (Wildman–Crippen MR) is 83.5 cm³/mol. The van der Waals surface area contributed by atoms with Gasteiger partial charge in [-0.25, -0.2) is 13.1 Å². The normalized spacial score (nSPS) is 17.4. The lowest BCUT2D eigenvalue weighted by Gasteiger charge is -2.12. The molecule has 7 heteroatoms. The second-order valence-electron chi connectivity index (χ2n) is 5.27. The van der Waals surface area contributed by atoms with Gasteiger partial charge in [-0.2, -0.15) is 11.8 Å². The van der Waals surface area contributed by atoms with Gasteiger partial charge in [0, 0.05) is 36.8 Å². The van der Waals surface area contributed by atoms with Gasteiger partial charge in [0.05, 0.1) is 4.90 Å². The highest BCUT2D eigenvalue weighted by molar-refractivity contribution is 8.00. The molecule has 1 fully saturated rings. The summed E-state index contributed by atoms with van der Waals surface area (Å²) >= 11 is 1.75. The second kappa shape index (κ2) is 6.09. The zero-order chi connectivity index (χ0) is 14.8. The average molecular weight is 317 g/mol. The highest BCUT2D eigenvalue weighted by Crippen LogP contribution is 2.46. The molecule has 0 atom stereocenters. The van der Waals surface area contributed by atoms with Gasteiger partial charge in [0.25, 0.3) is 0 Å². The number of sulfonamides is 1. The number of nitrogens with zero attached hydrogens (tertiary/aromatic N) is 1. The van der Waals surface area contributed by atoms with Crippen LogP contribution in [0.15, 0.2) is 17.2 Å². The van der Waals surface area contributed by atoms with Gasteiger partial charge < -0.3 is 9.88 Å². The lowest BCUT2D eigenvalue weighted by Crippen LogP contribution is -2.31. The van der Waals surface area contributed by atoms with Crippen LogP contribution in [0.3, 0.4) is 0 Å². The van der Waals surface area contributed by atoms with Crippen LogP contribution >= 0.6 is 11.8 Å². The molecule has 0 bridgehead atoms. The van der Waals surface area contributed by atoms with Crippen molar-refractivity contribution in [3.63, 3.8) is 0 Å². The molecule has 1 heterocycles. The maximum absolute atomic E-state index is 12.3. The first-order valence-corrected chi connectivity index (χ1v) is 9.54. The summed E-state index contributed by atoms with van der Waals surface area (Å²) in [4.78, 5) is 0.352. The fourth-order valence-corrected chi connectivity index (χ4v) is 4.09. The van der Waals surface area contributed by atoms with Crippen LogP contribution in [0, 0.1) is 0 Å². The third kappa shape index (κ3) is 3.58. The van der Waals surface area contributed by atoms with Crippen LogP contribution in [0.2, 0.25) is 0 Å². The number of hydrogen-bond donors (Lipinski definition) is 2. The van der Waals surface area contributed by atoms with Crippen molar-refractivity contribution in [1.82, 2.24) is 14.6 Å². The Balaban J connectivity index is 2.05. The van der Waals surface area contributed by atoms with Crippen LogP contribution in [-0.4, -0.2) is 37.1 Å². The number of aryl methyl sites for hydroxylation is 1. The monoisotopic (exact) mass is 317 g/mol. The van der Waals surface area contributed by atoms with Gasteiger partial charge in [-0.05, 0) is 31.7 Å². The number of hydrogen-bond acceptors (Lipinski definition) is 4. The van der Waals surface area contributed by atoms with E-state index >= 15 is 0 Å². The maximum atomic E-state index is 12.3. The molecule has 0 aliphatic heterocycles. The standard InChI is InChI=1S/C13H23N3O2S2/c1-4-14-8-11-7-12(9-16(11)2)20(17,18)15-10-13(19-3)5-6-13/h7,9,14-15H,4-6,8,10H2,1-3H3. The van der Waals surface area contributed by atoms with Crippen molar-refractivity contribution in [3.8, 4) is 0 Å². The molecule has 1 saturated carbocycles. The molecule has 0 unspecified atom stereocenters. The predicted octanol–water partition coefficient (Wildman–Crippen LogP) is 1.31. The van der Waals surface area contributed by atoms with Gasteiger partial charge in [0.1, 0.15) is 0 Å². The first kappa shape index (κ1) is 15.9. The van der Waals surface area contributed by atoms with Gasteiger partial charge in [-0.15, -0.1) is 0 Å². The van der Waals surface area contributed by atoms with E-state index < -0.39 is 10.0 Å². The van der Waals surface area contributed by atoms with Crippen molar-refractivity contribution >= 4 is 21.8 Å². The lowest BCUT2D eigenvalue weighted by molar-refractivity contribution is 0.579. The van der Waals surface area contributed by atoms with E-state index in [0.29, 0.717) is 18.0 Å². The number of thioether (sulfide) groups is 1. The third-order valence-corrected chi connectivity index (χ3v) is 6.56. The van der Waals surface area contributed by atoms with Crippen molar-refractivity contribution in [3.05, 3.63) is 18.0 Å². The molecule has 0 amide bonds. The van der Waals surface area contributed by atoms with E-state index in [2.05, 4.69) is 10.0 Å². The Morgan fingerprint density at radius 1 is 1.45 bits per heavy atom. The van der Waals surface area contributed by atoms with Crippen LogP contribution in [0.1, 0.15) is 25.5 Å². The minimum Gasteiger partial charge on any atom is -0.352 e. The molecule has 0 radical (unpaired) electrons. The zero-order valence-electron chi connectivity index (χ0n) is 12.3. The third-order valence-electron chi connectivity index (χ3n) is 3.77. The summed E-state index contributed by atoms with van der Waals surface area (Å²) in [5.41, 5.74) is 0.971. The zero-order valence-corrected chi connectivity index (χ0v) is 13.9. The summed E-state index contributed by atoms with van der Waals surface area (Å²) in [6, 6.07) is 1.74. The average Bonchev–Trinajstić information content (AvgIpc) is 3.11. The van der Waals surface area contributed by atoms with Gasteiger partial charge in [0.15, 0.2) is 0 Å². The first-order chi connectivity index (χ1) is 9.42. The Morgan fingerprint density at radius 2 is 2.15 bits per heavy atom. The Labute approximate surface area is 125 Å². The molecule has 1 aliphatic rings. The van der Waals surface area contributed by atoms with Gasteiger partial charge in [0.2, 0.25) is 10.0 Å². The van der Waals surface area contributed by atoms with Crippen LogP contribution < -0.4 is 10.0 Å². The topological polar surface area (TPSA) is 63.1 Å². The van der Waals surface area contributed by atoms with Crippen molar-refractivity contribution in [1.29, 1.82) is 0 Å². The fraction of sp³-hybridized carbons (Fsp3) is 0.692. The minimum absolute atomic E-state index is 0.133. The number of rotatable bonds is 8. The number of nitrogens with one attached hydrogen (secondary N) is 2. The summed E-state index contributed by atoms with van der Waals surface area (Å²) in [6.07, 6.45) is 5.90. The Morgan fingerprint density at radius 3 is 2.70 bits per heavy atom. The molecular weight excluding hydrogens is 294 g/mol. The summed E-state index contributed by atoms with van der Waals surface area (Å²) in [7, 11) is -1.53. The van der Waals surface area contributed by atoms with Crippen molar-refractivity contribution < 1.29 is 8.42 Å². The Hall–Kier alpha value is -0.500. The smallest absolute Gasteiger partial charge is 0.242 e. The van der Waals surface area contributed by atoms with E-state index in [-0.39, 0.29) is 4.75 Å². The molecule has 114 valence electrons. The first-order valence-electron chi connectivity index (χ1n) is 6.83. The molecule has 2 rings (SSSR count). The quantitative estimate of drug-likeness (QED) is 0.759. The SMILES string of the molecule is CCNCc1cc(S(=O)(=O)NCC2(SC)CC2)cn1C. The summed E-state index contributed by atoms with van der Waals surface area (Å²) < 4.78 is 29.4. The van der Waals surface area contributed by atoms with Crippen LogP contribution in [-0.2, 0) is 23.6 Å². The van der Waals surface area contributed by atoms with Crippen molar-refractivity contribution in [2.75, 3.05) is 19.3 Å². The molecule has 0 aromatic carbocycles. The molecule has 5 nitrogen and oxygen atoms in total. The van der Waals surface area contributed by atoms with Gasteiger partial charge >= 0.3 is 0 Å². The van der Waals surface area contributed by atoms with E-state index in [1.165, 1.54) is 0 Å². The molecule has 2 N–H and O–H groups in total. The van der Waals surface area contributed by atoms with Gasteiger partial charge in [-0.1, -0.05) is 6.92 Å². The van der Waals surface area contributed by atoms with E-state index in [0.717, 1.165) is 25.1 Å². The van der Waals surface area contributed by atoms with Crippen LogP contribution in [0.4, 0.5) is 0 Å². The molecular formula is C13H23N3O2S2. The molecule has 0 spiro atoms. The largest absolute Gasteiger partial charge is 0.352 e. The highest BCUT2D eigenvalue weighted by Gasteiger charge is 2.42. The molecule has 1 aromatic heterocycles. The summed E-state index contributed by atoms with van der Waals surface area (Å²) in [6.45, 7) is 4.09. The van der Waals surface area contributed by atoms with Gasteiger partial charge in [-0.3, -0.25) is 0 Å². The Bertz CT molecular complexity index is 562. The van der Waals surface area contributed by atoms with E-state index in [1.807, 2.05) is 24.8 Å². The van der Waals surface area contributed by atoms with Crippen molar-refractivity contribution in [2.24, 2.45) is 7.05 Å². The van der Waals surface area contributed by atoms with Crippen LogP contribution in [0.5, 0.6) is 0 Å². The molecule has 1 aliphatic carbocycles. The molecule has 0 saturated heterocycles. The lowest BCUT2D eigenvalue weighted by atomic mass is 10.4. The van der Waals surface area contributed by atoms with E-state index in [9.17, 15) is 8.42 Å². The highest BCUT2D eigenvalue weighted by atomic mass is 32.2. The second-order valence-corrected chi connectivity index (χ2v) is 8.31. The minimum atomic E-state index is -3.40. The molecule has 1 aromatic rings. The van der Waals surface area contributed by atoms with Crippen LogP contribution in [0.25, 0.3) is 0 Å². The van der Waals surface area contributed by atoms with Crippen molar-refractivity contribution in [2.45, 2.75) is 36.0 Å². The van der Waals surface area contributed by atoms with E-state index in [1.54, 1.807) is 24.0 Å². The fourth-order valence-electron chi connectivity index (χ4n) is 2.06. The van der Waals surface area contributed by atoms with E-state index in [4.69, 9.17) is 0 Å². The molecule has 20 heavy (non-hydrogen) atoms.